The molecule has 0 aliphatic rings. The SMILES string of the molecule is COCCNC(=O)CCNC(=O)CCCN. The molecule has 2 amide bonds. The van der Waals surface area contributed by atoms with Crippen LogP contribution in [0.25, 0.3) is 0 Å². The molecule has 0 aliphatic carbocycles. The van der Waals surface area contributed by atoms with Crippen LogP contribution in [0.1, 0.15) is 19.3 Å². The Labute approximate surface area is 95.9 Å². The van der Waals surface area contributed by atoms with Crippen LogP contribution in [0.4, 0.5) is 0 Å². The maximum absolute atomic E-state index is 11.2. The van der Waals surface area contributed by atoms with E-state index in [0.29, 0.717) is 39.1 Å². The van der Waals surface area contributed by atoms with Gasteiger partial charge in [0, 0.05) is 33.0 Å². The molecule has 0 aromatic carbocycles. The zero-order chi connectivity index (χ0) is 12.2. The lowest BCUT2D eigenvalue weighted by atomic mass is 10.3. The lowest BCUT2D eigenvalue weighted by molar-refractivity contribution is -0.122. The van der Waals surface area contributed by atoms with Gasteiger partial charge in [-0.05, 0) is 13.0 Å². The van der Waals surface area contributed by atoms with E-state index in [9.17, 15) is 9.59 Å². The number of nitrogens with one attached hydrogen (secondary N) is 2. The molecule has 94 valence electrons. The van der Waals surface area contributed by atoms with Crippen LogP contribution in [-0.4, -0.2) is 45.2 Å². The average Bonchev–Trinajstić information content (AvgIpc) is 2.26. The summed E-state index contributed by atoms with van der Waals surface area (Å²) in [7, 11) is 1.57. The largest absolute Gasteiger partial charge is 0.383 e. The molecule has 0 aliphatic heterocycles. The van der Waals surface area contributed by atoms with E-state index in [4.69, 9.17) is 10.5 Å². The molecule has 4 N–H and O–H groups in total. The molecule has 0 heterocycles. The van der Waals surface area contributed by atoms with E-state index in [-0.39, 0.29) is 18.2 Å². The summed E-state index contributed by atoms with van der Waals surface area (Å²) in [6.45, 7) is 1.86. The van der Waals surface area contributed by atoms with Gasteiger partial charge in [0.05, 0.1) is 6.61 Å². The van der Waals surface area contributed by atoms with Crippen molar-refractivity contribution in [3.05, 3.63) is 0 Å². The zero-order valence-corrected chi connectivity index (χ0v) is 9.75. The molecule has 0 radical (unpaired) electrons. The van der Waals surface area contributed by atoms with Crippen molar-refractivity contribution in [3.8, 4) is 0 Å². The topological polar surface area (TPSA) is 93.5 Å². The van der Waals surface area contributed by atoms with E-state index in [0.717, 1.165) is 0 Å². The van der Waals surface area contributed by atoms with Crippen molar-refractivity contribution in [1.29, 1.82) is 0 Å². The Kier molecular flexibility index (Phi) is 9.64. The summed E-state index contributed by atoms with van der Waals surface area (Å²) in [5.74, 6) is -0.147. The van der Waals surface area contributed by atoms with Gasteiger partial charge in [0.15, 0.2) is 0 Å². The molecule has 0 saturated carbocycles. The second kappa shape index (κ2) is 10.4. The van der Waals surface area contributed by atoms with Crippen molar-refractivity contribution in [2.24, 2.45) is 5.73 Å². The van der Waals surface area contributed by atoms with Gasteiger partial charge in [0.2, 0.25) is 11.8 Å². The van der Waals surface area contributed by atoms with Crippen molar-refractivity contribution < 1.29 is 14.3 Å². The molecule has 0 rings (SSSR count). The Morgan fingerprint density at radius 3 is 2.38 bits per heavy atom. The molecule has 16 heavy (non-hydrogen) atoms. The second-order valence-corrected chi connectivity index (χ2v) is 3.33. The van der Waals surface area contributed by atoms with Crippen molar-refractivity contribution >= 4 is 11.8 Å². The summed E-state index contributed by atoms with van der Waals surface area (Å²) < 4.78 is 4.78. The minimum Gasteiger partial charge on any atom is -0.383 e. The maximum Gasteiger partial charge on any atom is 0.221 e. The molecule has 0 unspecified atom stereocenters. The molecule has 0 saturated heterocycles. The predicted molar refractivity (Wildman–Crippen MR) is 60.8 cm³/mol. The quantitative estimate of drug-likeness (QED) is 0.443. The van der Waals surface area contributed by atoms with E-state index in [2.05, 4.69) is 10.6 Å². The second-order valence-electron chi connectivity index (χ2n) is 3.33. The minimum atomic E-state index is -0.0869. The van der Waals surface area contributed by atoms with Crippen molar-refractivity contribution in [1.82, 2.24) is 10.6 Å². The van der Waals surface area contributed by atoms with Crippen LogP contribution in [0.3, 0.4) is 0 Å². The molecule has 0 aromatic heterocycles. The average molecular weight is 231 g/mol. The number of methoxy groups -OCH3 is 1. The van der Waals surface area contributed by atoms with Crippen molar-refractivity contribution in [2.75, 3.05) is 33.4 Å². The number of nitrogens with two attached hydrogens (primary N) is 1. The summed E-state index contributed by atoms with van der Waals surface area (Å²) in [6.07, 6.45) is 1.38. The lowest BCUT2D eigenvalue weighted by Gasteiger charge is -2.05. The van der Waals surface area contributed by atoms with Crippen LogP contribution in [0.5, 0.6) is 0 Å². The van der Waals surface area contributed by atoms with Crippen LogP contribution >= 0.6 is 0 Å². The molecular formula is C10H21N3O3. The first-order valence-corrected chi connectivity index (χ1v) is 5.43. The van der Waals surface area contributed by atoms with Gasteiger partial charge in [-0.15, -0.1) is 0 Å². The fourth-order valence-corrected chi connectivity index (χ4v) is 1.05. The van der Waals surface area contributed by atoms with Crippen LogP contribution < -0.4 is 16.4 Å². The monoisotopic (exact) mass is 231 g/mol. The van der Waals surface area contributed by atoms with Crippen LogP contribution in [0, 0.1) is 0 Å². The smallest absolute Gasteiger partial charge is 0.221 e. The number of carbonyl (C=O) groups excluding carboxylic acids is 2. The van der Waals surface area contributed by atoms with Crippen LogP contribution in [0.2, 0.25) is 0 Å². The van der Waals surface area contributed by atoms with Crippen molar-refractivity contribution in [3.63, 3.8) is 0 Å². The van der Waals surface area contributed by atoms with Gasteiger partial charge in [-0.25, -0.2) is 0 Å². The summed E-state index contributed by atoms with van der Waals surface area (Å²) in [5, 5.41) is 5.32. The number of hydrogen-bond donors (Lipinski definition) is 3. The molecule has 0 bridgehead atoms. The van der Waals surface area contributed by atoms with Gasteiger partial charge in [0.25, 0.3) is 0 Å². The molecule has 0 fully saturated rings. The van der Waals surface area contributed by atoms with Gasteiger partial charge >= 0.3 is 0 Å². The fraction of sp³-hybridized carbons (Fsp3) is 0.800. The lowest BCUT2D eigenvalue weighted by Crippen LogP contribution is -2.32. The Morgan fingerprint density at radius 1 is 1.12 bits per heavy atom. The van der Waals surface area contributed by atoms with Gasteiger partial charge in [-0.3, -0.25) is 9.59 Å². The van der Waals surface area contributed by atoms with E-state index < -0.39 is 0 Å². The third-order valence-electron chi connectivity index (χ3n) is 1.91. The highest BCUT2D eigenvalue weighted by Gasteiger charge is 2.02. The van der Waals surface area contributed by atoms with E-state index in [1.54, 1.807) is 7.11 Å². The standard InChI is InChI=1S/C10H21N3O3/c1-16-8-7-13-10(15)4-6-12-9(14)3-2-5-11/h2-8,11H2,1H3,(H,12,14)(H,13,15). The fourth-order valence-electron chi connectivity index (χ4n) is 1.05. The zero-order valence-electron chi connectivity index (χ0n) is 9.75. The number of amides is 2. The van der Waals surface area contributed by atoms with Crippen molar-refractivity contribution in [2.45, 2.75) is 19.3 Å². The molecule has 6 heteroatoms. The Bertz CT molecular complexity index is 209. The number of hydrogen-bond acceptors (Lipinski definition) is 4. The number of rotatable bonds is 9. The highest BCUT2D eigenvalue weighted by molar-refractivity contribution is 5.78. The highest BCUT2D eigenvalue weighted by atomic mass is 16.5. The van der Waals surface area contributed by atoms with Crippen LogP contribution in [0.15, 0.2) is 0 Å². The Morgan fingerprint density at radius 2 is 1.75 bits per heavy atom. The summed E-state index contributed by atoms with van der Waals surface area (Å²) in [6, 6.07) is 0. The summed E-state index contributed by atoms with van der Waals surface area (Å²) >= 11 is 0. The van der Waals surface area contributed by atoms with Gasteiger partial charge in [-0.2, -0.15) is 0 Å². The van der Waals surface area contributed by atoms with E-state index in [1.165, 1.54) is 0 Å². The maximum atomic E-state index is 11.2. The van der Waals surface area contributed by atoms with E-state index >= 15 is 0 Å². The number of ether oxygens (including phenoxy) is 1. The van der Waals surface area contributed by atoms with Gasteiger partial charge < -0.3 is 21.1 Å². The first-order chi connectivity index (χ1) is 7.70. The summed E-state index contributed by atoms with van der Waals surface area (Å²) in [5.41, 5.74) is 5.27. The molecule has 0 atom stereocenters. The molecule has 6 nitrogen and oxygen atoms in total. The third-order valence-corrected chi connectivity index (χ3v) is 1.91. The molecular weight excluding hydrogens is 210 g/mol. The van der Waals surface area contributed by atoms with E-state index in [1.807, 2.05) is 0 Å². The van der Waals surface area contributed by atoms with Gasteiger partial charge in [0.1, 0.15) is 0 Å². The Hall–Kier alpha value is -1.14. The minimum absolute atomic E-state index is 0.0601. The normalized spacial score (nSPS) is 9.88. The molecule has 0 spiro atoms. The number of carbonyl (C=O) groups is 2. The van der Waals surface area contributed by atoms with Gasteiger partial charge in [-0.1, -0.05) is 0 Å². The first-order valence-electron chi connectivity index (χ1n) is 5.43. The van der Waals surface area contributed by atoms with Crippen LogP contribution in [-0.2, 0) is 14.3 Å². The predicted octanol–water partition coefficient (Wildman–Crippen LogP) is -1.01. The third kappa shape index (κ3) is 9.42. The first kappa shape index (κ1) is 14.9. The Balaban J connectivity index is 3.36. The molecule has 0 aromatic rings. The summed E-state index contributed by atoms with van der Waals surface area (Å²) in [4.78, 5) is 22.3. The highest BCUT2D eigenvalue weighted by Crippen LogP contribution is 1.86.